The van der Waals surface area contributed by atoms with Crippen molar-refractivity contribution in [3.63, 3.8) is 0 Å². The molecule has 0 aromatic rings. The molecule has 0 bridgehead atoms. The summed E-state index contributed by atoms with van der Waals surface area (Å²) in [5, 5.41) is 8.78. The fraction of sp³-hybridized carbons (Fsp3) is 0.455. The van der Waals surface area contributed by atoms with E-state index in [0.717, 1.165) is 30.4 Å². The lowest BCUT2D eigenvalue weighted by molar-refractivity contribution is 0.558. The molecule has 0 N–H and O–H groups in total. The maximum absolute atomic E-state index is 8.78. The van der Waals surface area contributed by atoms with Gasteiger partial charge in [-0.25, -0.2) is 10.1 Å². The van der Waals surface area contributed by atoms with Crippen LogP contribution in [0.5, 0.6) is 0 Å². The summed E-state index contributed by atoms with van der Waals surface area (Å²) in [5.41, 5.74) is 2.34. The number of hydrogen-bond acceptors (Lipinski definition) is 2. The monoisotopic (exact) mass is 187 g/mol. The molecule has 72 valence electrons. The Bertz CT molecular complexity index is 345. The molecular weight excluding hydrogens is 174 g/mol. The molecule has 0 radical (unpaired) electrons. The Hall–Kier alpha value is -1.74. The van der Waals surface area contributed by atoms with Crippen LogP contribution in [0.2, 0.25) is 0 Å². The zero-order chi connectivity index (χ0) is 10.6. The Balaban J connectivity index is 3.08. The van der Waals surface area contributed by atoms with Crippen molar-refractivity contribution in [2.24, 2.45) is 0 Å². The number of nitriles is 1. The predicted octanol–water partition coefficient (Wildman–Crippen LogP) is 2.31. The van der Waals surface area contributed by atoms with Crippen molar-refractivity contribution >= 4 is 0 Å². The molecule has 0 aliphatic heterocycles. The molecule has 1 rings (SSSR count). The molecule has 0 atom stereocenters. The molecule has 3 heteroatoms. The second kappa shape index (κ2) is 4.48. The Kier molecular flexibility index (Phi) is 3.31. The van der Waals surface area contributed by atoms with Crippen LogP contribution >= 0.6 is 0 Å². The highest BCUT2D eigenvalue weighted by atomic mass is 15.0. The van der Waals surface area contributed by atoms with Crippen LogP contribution in [0.3, 0.4) is 0 Å². The van der Waals surface area contributed by atoms with E-state index in [4.69, 9.17) is 11.8 Å². The van der Waals surface area contributed by atoms with Crippen molar-refractivity contribution in [1.82, 2.24) is 4.90 Å². The van der Waals surface area contributed by atoms with E-state index in [1.54, 1.807) is 0 Å². The van der Waals surface area contributed by atoms with Crippen molar-refractivity contribution < 1.29 is 0 Å². The molecule has 0 spiro atoms. The molecule has 0 aromatic heterocycles. The second-order valence-electron chi connectivity index (χ2n) is 3.52. The van der Waals surface area contributed by atoms with Gasteiger partial charge >= 0.3 is 0 Å². The van der Waals surface area contributed by atoms with Crippen LogP contribution in [-0.2, 0) is 0 Å². The number of rotatable bonds is 1. The lowest BCUT2D eigenvalue weighted by atomic mass is 10.1. The van der Waals surface area contributed by atoms with E-state index < -0.39 is 0 Å². The summed E-state index contributed by atoms with van der Waals surface area (Å²) in [6.45, 7) is 6.90. The van der Waals surface area contributed by atoms with Gasteiger partial charge < -0.3 is 4.90 Å². The third kappa shape index (κ3) is 2.14. The van der Waals surface area contributed by atoms with E-state index in [2.05, 4.69) is 4.85 Å². The van der Waals surface area contributed by atoms with E-state index in [0.29, 0.717) is 0 Å². The maximum Gasteiger partial charge on any atom is 0.265 e. The lowest BCUT2D eigenvalue weighted by Crippen LogP contribution is -2.02. The van der Waals surface area contributed by atoms with Gasteiger partial charge in [0.05, 0.1) is 12.6 Å². The van der Waals surface area contributed by atoms with Crippen LogP contribution in [-0.4, -0.2) is 19.0 Å². The van der Waals surface area contributed by atoms with Crippen LogP contribution in [0.1, 0.15) is 19.3 Å². The third-order valence-electron chi connectivity index (χ3n) is 2.18. The van der Waals surface area contributed by atoms with Crippen LogP contribution in [0.15, 0.2) is 23.0 Å². The van der Waals surface area contributed by atoms with Crippen LogP contribution in [0.4, 0.5) is 0 Å². The Morgan fingerprint density at radius 3 is 2.79 bits per heavy atom. The van der Waals surface area contributed by atoms with Gasteiger partial charge in [-0.05, 0) is 30.4 Å². The number of hydrogen-bond donors (Lipinski definition) is 0. The lowest BCUT2D eigenvalue weighted by Gasteiger charge is -2.08. The fourth-order valence-corrected chi connectivity index (χ4v) is 1.65. The van der Waals surface area contributed by atoms with Gasteiger partial charge in [-0.2, -0.15) is 0 Å². The van der Waals surface area contributed by atoms with Gasteiger partial charge in [-0.1, -0.05) is 0 Å². The maximum atomic E-state index is 8.78. The first-order chi connectivity index (χ1) is 6.69. The first-order valence-electron chi connectivity index (χ1n) is 4.57. The molecular formula is C11H13N3. The predicted molar refractivity (Wildman–Crippen MR) is 54.9 cm³/mol. The number of nitrogens with zero attached hydrogens (tertiary/aromatic N) is 3. The van der Waals surface area contributed by atoms with Crippen LogP contribution < -0.4 is 0 Å². The van der Waals surface area contributed by atoms with Gasteiger partial charge in [-0.15, -0.1) is 0 Å². The summed E-state index contributed by atoms with van der Waals surface area (Å²) < 4.78 is 0. The van der Waals surface area contributed by atoms with E-state index in [1.807, 2.05) is 31.3 Å². The second-order valence-corrected chi connectivity index (χ2v) is 3.52. The van der Waals surface area contributed by atoms with E-state index in [-0.39, 0.29) is 5.70 Å². The SMILES string of the molecule is [C-]#[N+]/C(C#N)=C1\CCC\C1=C/N(C)C. The zero-order valence-corrected chi connectivity index (χ0v) is 8.54. The summed E-state index contributed by atoms with van der Waals surface area (Å²) in [7, 11) is 3.90. The first-order valence-corrected chi connectivity index (χ1v) is 4.57. The summed E-state index contributed by atoms with van der Waals surface area (Å²) in [6, 6.07) is 1.96. The smallest absolute Gasteiger partial charge is 0.265 e. The highest BCUT2D eigenvalue weighted by Crippen LogP contribution is 2.33. The van der Waals surface area contributed by atoms with E-state index >= 15 is 0 Å². The largest absolute Gasteiger partial charge is 0.383 e. The summed E-state index contributed by atoms with van der Waals surface area (Å²) in [4.78, 5) is 5.21. The molecule has 0 amide bonds. The normalized spacial score (nSPS) is 21.6. The molecule has 1 fully saturated rings. The van der Waals surface area contributed by atoms with Crippen molar-refractivity contribution in [1.29, 1.82) is 5.26 Å². The average Bonchev–Trinajstić information content (AvgIpc) is 2.55. The minimum atomic E-state index is 0.260. The van der Waals surface area contributed by atoms with Gasteiger partial charge in [0.25, 0.3) is 5.70 Å². The van der Waals surface area contributed by atoms with Gasteiger partial charge in [0.15, 0.2) is 0 Å². The Labute approximate surface area is 84.8 Å². The number of allylic oxidation sites excluding steroid dienone is 3. The molecule has 0 aromatic carbocycles. The Morgan fingerprint density at radius 1 is 1.57 bits per heavy atom. The first kappa shape index (κ1) is 10.3. The molecule has 1 aliphatic rings. The van der Waals surface area contributed by atoms with Crippen molar-refractivity contribution in [2.45, 2.75) is 19.3 Å². The molecule has 0 unspecified atom stereocenters. The Morgan fingerprint density at radius 2 is 2.29 bits per heavy atom. The summed E-state index contributed by atoms with van der Waals surface area (Å²) >= 11 is 0. The van der Waals surface area contributed by atoms with Crippen molar-refractivity contribution in [3.8, 4) is 6.07 Å². The topological polar surface area (TPSA) is 31.4 Å². The molecule has 0 heterocycles. The highest BCUT2D eigenvalue weighted by molar-refractivity contribution is 5.46. The molecule has 1 aliphatic carbocycles. The molecule has 0 saturated heterocycles. The fourth-order valence-electron chi connectivity index (χ4n) is 1.65. The van der Waals surface area contributed by atoms with Crippen molar-refractivity contribution in [3.05, 3.63) is 34.5 Å². The molecule has 1 saturated carbocycles. The van der Waals surface area contributed by atoms with Gasteiger partial charge in [0, 0.05) is 20.3 Å². The van der Waals surface area contributed by atoms with Crippen LogP contribution in [0.25, 0.3) is 4.85 Å². The minimum Gasteiger partial charge on any atom is -0.383 e. The average molecular weight is 187 g/mol. The van der Waals surface area contributed by atoms with Crippen LogP contribution in [0, 0.1) is 17.9 Å². The zero-order valence-electron chi connectivity index (χ0n) is 8.54. The van der Waals surface area contributed by atoms with E-state index in [9.17, 15) is 0 Å². The van der Waals surface area contributed by atoms with Gasteiger partial charge in [0.1, 0.15) is 0 Å². The van der Waals surface area contributed by atoms with Crippen molar-refractivity contribution in [2.75, 3.05) is 14.1 Å². The highest BCUT2D eigenvalue weighted by Gasteiger charge is 2.18. The summed E-state index contributed by atoms with van der Waals surface area (Å²) in [5.74, 6) is 0. The third-order valence-corrected chi connectivity index (χ3v) is 2.18. The summed E-state index contributed by atoms with van der Waals surface area (Å²) in [6.07, 6.45) is 4.90. The van der Waals surface area contributed by atoms with Gasteiger partial charge in [0.2, 0.25) is 0 Å². The van der Waals surface area contributed by atoms with E-state index in [1.165, 1.54) is 0 Å². The minimum absolute atomic E-state index is 0.260. The molecule has 3 nitrogen and oxygen atoms in total. The molecule has 14 heavy (non-hydrogen) atoms. The van der Waals surface area contributed by atoms with Gasteiger partial charge in [-0.3, -0.25) is 0 Å². The quantitative estimate of drug-likeness (QED) is 0.466. The standard InChI is InChI=1S/C11H13N3/c1-13-11(7-12)10-6-4-5-9(10)8-14(2)3/h8H,4-6H2,2-3H3/b9-8+,11-10+.